The maximum atomic E-state index is 13.1. The summed E-state index contributed by atoms with van der Waals surface area (Å²) < 4.78 is 11.9. The fraction of sp³-hybridized carbons (Fsp3) is 0.227. The van der Waals surface area contributed by atoms with E-state index >= 15 is 0 Å². The fourth-order valence-electron chi connectivity index (χ4n) is 3.08. The van der Waals surface area contributed by atoms with Gasteiger partial charge < -0.3 is 9.47 Å². The molecule has 1 fully saturated rings. The normalized spacial score (nSPS) is 15.4. The largest absolute Gasteiger partial charge is 0.490 e. The predicted octanol–water partition coefficient (Wildman–Crippen LogP) is 4.22. The molecule has 1 aliphatic heterocycles. The minimum absolute atomic E-state index is 0.156. The molecule has 7 nitrogen and oxygen atoms in total. The number of barbiturate groups is 1. The third-order valence-corrected chi connectivity index (χ3v) is 4.98. The van der Waals surface area contributed by atoms with Gasteiger partial charge >= 0.3 is 6.03 Å². The summed E-state index contributed by atoms with van der Waals surface area (Å²) in [6, 6.07) is 9.59. The second kappa shape index (κ2) is 9.13. The van der Waals surface area contributed by atoms with Crippen LogP contribution in [-0.4, -0.2) is 31.1 Å². The van der Waals surface area contributed by atoms with E-state index in [4.69, 9.17) is 9.47 Å². The molecule has 30 heavy (non-hydrogen) atoms. The Kier molecular flexibility index (Phi) is 6.56. The molecule has 156 valence electrons. The highest BCUT2D eigenvalue weighted by atomic mass is 79.9. The lowest BCUT2D eigenvalue weighted by Crippen LogP contribution is -2.54. The molecule has 3 rings (SSSR count). The van der Waals surface area contributed by atoms with Gasteiger partial charge in [0.15, 0.2) is 11.5 Å². The standard InChI is InChI=1S/C22H21BrN2O5/c1-4-29-18-12-14(11-16(23)19(18)30-5-2)10-15-20(26)24-22(28)25(21(15)27)17-9-7-6-8-13(17)3/h6-12H,4-5H2,1-3H3,(H,24,26,28)/b15-10+. The first kappa shape index (κ1) is 21.6. The molecule has 0 aliphatic carbocycles. The number of anilines is 1. The molecule has 0 saturated carbocycles. The van der Waals surface area contributed by atoms with Crippen molar-refractivity contribution in [3.63, 3.8) is 0 Å². The Morgan fingerprint density at radius 1 is 1.07 bits per heavy atom. The minimum Gasteiger partial charge on any atom is -0.490 e. The van der Waals surface area contributed by atoms with Crippen LogP contribution in [0, 0.1) is 6.92 Å². The van der Waals surface area contributed by atoms with Crippen LogP contribution in [0.5, 0.6) is 11.5 Å². The Balaban J connectivity index is 2.05. The zero-order valence-electron chi connectivity index (χ0n) is 16.8. The molecular formula is C22H21BrN2O5. The van der Waals surface area contributed by atoms with Crippen LogP contribution in [0.15, 0.2) is 46.4 Å². The Morgan fingerprint density at radius 3 is 2.43 bits per heavy atom. The van der Waals surface area contributed by atoms with Crippen LogP contribution in [0.3, 0.4) is 0 Å². The van der Waals surface area contributed by atoms with E-state index in [-0.39, 0.29) is 5.57 Å². The Bertz CT molecular complexity index is 1050. The quantitative estimate of drug-likeness (QED) is 0.502. The first-order valence-electron chi connectivity index (χ1n) is 9.43. The van der Waals surface area contributed by atoms with E-state index in [0.717, 1.165) is 10.5 Å². The van der Waals surface area contributed by atoms with E-state index in [9.17, 15) is 14.4 Å². The van der Waals surface area contributed by atoms with Crippen molar-refractivity contribution in [1.82, 2.24) is 5.32 Å². The lowest BCUT2D eigenvalue weighted by Gasteiger charge is -2.27. The highest BCUT2D eigenvalue weighted by Crippen LogP contribution is 2.38. The SMILES string of the molecule is CCOc1cc(/C=C2\C(=O)NC(=O)N(c3ccccc3C)C2=O)cc(Br)c1OCC. The van der Waals surface area contributed by atoms with Crippen LogP contribution < -0.4 is 19.7 Å². The molecule has 2 aromatic rings. The van der Waals surface area contributed by atoms with Crippen molar-refractivity contribution in [2.75, 3.05) is 18.1 Å². The fourth-order valence-corrected chi connectivity index (χ4v) is 3.65. The molecule has 1 N–H and O–H groups in total. The van der Waals surface area contributed by atoms with Crippen LogP contribution in [0.4, 0.5) is 10.5 Å². The number of urea groups is 1. The van der Waals surface area contributed by atoms with Crippen molar-refractivity contribution >= 4 is 45.5 Å². The van der Waals surface area contributed by atoms with Gasteiger partial charge in [-0.2, -0.15) is 0 Å². The second-order valence-corrected chi connectivity index (χ2v) is 7.29. The van der Waals surface area contributed by atoms with Crippen molar-refractivity contribution in [3.8, 4) is 11.5 Å². The van der Waals surface area contributed by atoms with E-state index in [1.807, 2.05) is 13.8 Å². The Morgan fingerprint density at radius 2 is 1.77 bits per heavy atom. The third kappa shape index (κ3) is 4.23. The van der Waals surface area contributed by atoms with Gasteiger partial charge in [0.25, 0.3) is 11.8 Å². The van der Waals surface area contributed by atoms with Crippen LogP contribution in [0.2, 0.25) is 0 Å². The number of benzene rings is 2. The first-order valence-corrected chi connectivity index (χ1v) is 10.2. The number of amides is 4. The van der Waals surface area contributed by atoms with E-state index < -0.39 is 17.8 Å². The molecule has 0 radical (unpaired) electrons. The van der Waals surface area contributed by atoms with Gasteiger partial charge in [-0.15, -0.1) is 0 Å². The second-order valence-electron chi connectivity index (χ2n) is 6.44. The molecular weight excluding hydrogens is 452 g/mol. The molecule has 2 aromatic carbocycles. The van der Waals surface area contributed by atoms with E-state index in [1.54, 1.807) is 43.3 Å². The molecule has 1 aliphatic rings. The number of nitrogens with zero attached hydrogens (tertiary/aromatic N) is 1. The average Bonchev–Trinajstić information content (AvgIpc) is 2.69. The number of ether oxygens (including phenoxy) is 2. The highest BCUT2D eigenvalue weighted by Gasteiger charge is 2.37. The van der Waals surface area contributed by atoms with Crippen molar-refractivity contribution in [1.29, 1.82) is 0 Å². The van der Waals surface area contributed by atoms with Gasteiger partial charge in [0, 0.05) is 0 Å². The third-order valence-electron chi connectivity index (χ3n) is 4.39. The van der Waals surface area contributed by atoms with E-state index in [0.29, 0.717) is 40.4 Å². The van der Waals surface area contributed by atoms with Gasteiger partial charge in [0.1, 0.15) is 5.57 Å². The van der Waals surface area contributed by atoms with Gasteiger partial charge in [-0.25, -0.2) is 9.69 Å². The predicted molar refractivity (Wildman–Crippen MR) is 117 cm³/mol. The average molecular weight is 473 g/mol. The summed E-state index contributed by atoms with van der Waals surface area (Å²) in [7, 11) is 0. The van der Waals surface area contributed by atoms with Crippen molar-refractivity contribution in [2.45, 2.75) is 20.8 Å². The van der Waals surface area contributed by atoms with Crippen molar-refractivity contribution in [2.24, 2.45) is 0 Å². The van der Waals surface area contributed by atoms with E-state index in [2.05, 4.69) is 21.2 Å². The van der Waals surface area contributed by atoms with Gasteiger partial charge in [-0.05, 0) is 72.1 Å². The number of halogens is 1. The molecule has 0 atom stereocenters. The molecule has 1 heterocycles. The summed E-state index contributed by atoms with van der Waals surface area (Å²) in [5, 5.41) is 2.23. The minimum atomic E-state index is -0.778. The van der Waals surface area contributed by atoms with E-state index in [1.165, 1.54) is 6.08 Å². The van der Waals surface area contributed by atoms with Crippen LogP contribution in [-0.2, 0) is 9.59 Å². The summed E-state index contributed by atoms with van der Waals surface area (Å²) in [6.45, 7) is 6.36. The first-order chi connectivity index (χ1) is 14.4. The number of nitrogens with one attached hydrogen (secondary N) is 1. The highest BCUT2D eigenvalue weighted by molar-refractivity contribution is 9.10. The topological polar surface area (TPSA) is 84.9 Å². The molecule has 8 heteroatoms. The summed E-state index contributed by atoms with van der Waals surface area (Å²) in [5.41, 5.74) is 1.54. The molecule has 0 spiro atoms. The summed E-state index contributed by atoms with van der Waals surface area (Å²) >= 11 is 3.45. The summed E-state index contributed by atoms with van der Waals surface area (Å²) in [4.78, 5) is 38.9. The number of hydrogen-bond donors (Lipinski definition) is 1. The molecule has 0 unspecified atom stereocenters. The van der Waals surface area contributed by atoms with Crippen LogP contribution in [0.25, 0.3) is 6.08 Å². The number of imide groups is 2. The van der Waals surface area contributed by atoms with Gasteiger partial charge in [-0.1, -0.05) is 18.2 Å². The van der Waals surface area contributed by atoms with Gasteiger partial charge in [0.2, 0.25) is 0 Å². The summed E-state index contributed by atoms with van der Waals surface area (Å²) in [6.07, 6.45) is 1.43. The smallest absolute Gasteiger partial charge is 0.335 e. The maximum absolute atomic E-state index is 13.1. The molecule has 4 amide bonds. The van der Waals surface area contributed by atoms with Gasteiger partial charge in [0.05, 0.1) is 23.4 Å². The number of carbonyl (C=O) groups excluding carboxylic acids is 3. The number of aryl methyl sites for hydroxylation is 1. The number of para-hydroxylation sites is 1. The Labute approximate surface area is 182 Å². The number of rotatable bonds is 6. The van der Waals surface area contributed by atoms with Crippen molar-refractivity contribution in [3.05, 3.63) is 57.6 Å². The zero-order valence-corrected chi connectivity index (χ0v) is 18.4. The van der Waals surface area contributed by atoms with Crippen LogP contribution in [0.1, 0.15) is 25.0 Å². The lowest BCUT2D eigenvalue weighted by molar-refractivity contribution is -0.122. The number of hydrogen-bond acceptors (Lipinski definition) is 5. The lowest BCUT2D eigenvalue weighted by atomic mass is 10.1. The van der Waals surface area contributed by atoms with Gasteiger partial charge in [-0.3, -0.25) is 14.9 Å². The number of carbonyl (C=O) groups is 3. The Hall–Kier alpha value is -3.13. The molecule has 0 bridgehead atoms. The molecule has 1 saturated heterocycles. The summed E-state index contributed by atoms with van der Waals surface area (Å²) in [5.74, 6) is -0.424. The van der Waals surface area contributed by atoms with Crippen molar-refractivity contribution < 1.29 is 23.9 Å². The zero-order chi connectivity index (χ0) is 21.8. The monoisotopic (exact) mass is 472 g/mol. The van der Waals surface area contributed by atoms with Crippen LogP contribution >= 0.6 is 15.9 Å². The maximum Gasteiger partial charge on any atom is 0.335 e. The molecule has 0 aromatic heterocycles.